The van der Waals surface area contributed by atoms with E-state index >= 15 is 0 Å². The number of aromatic amines is 1. The van der Waals surface area contributed by atoms with Gasteiger partial charge in [0.05, 0.1) is 17.2 Å². The average molecular weight is 469 g/mol. The van der Waals surface area contributed by atoms with Crippen molar-refractivity contribution < 1.29 is 23.9 Å². The Kier molecular flexibility index (Phi) is 7.50. The number of aryl methyl sites for hydroxylation is 1. The molecular weight excluding hydrogens is 436 g/mol. The molecule has 182 valence electrons. The highest BCUT2D eigenvalue weighted by Crippen LogP contribution is 2.37. The fraction of sp³-hybridized carbons (Fsp3) is 0.520. The van der Waals surface area contributed by atoms with Crippen molar-refractivity contribution in [1.29, 1.82) is 5.26 Å². The molecule has 0 bridgehead atoms. The lowest BCUT2D eigenvalue weighted by Crippen LogP contribution is -2.24. The average Bonchev–Trinajstić information content (AvgIpc) is 3.44. The second-order valence-corrected chi connectivity index (χ2v) is 9.06. The van der Waals surface area contributed by atoms with Crippen molar-refractivity contribution in [3.05, 3.63) is 39.3 Å². The number of esters is 2. The Morgan fingerprint density at radius 1 is 1.12 bits per heavy atom. The van der Waals surface area contributed by atoms with E-state index in [0.29, 0.717) is 22.6 Å². The zero-order valence-electron chi connectivity index (χ0n) is 20.6. The predicted octanol–water partition coefficient (Wildman–Crippen LogP) is 4.40. The van der Waals surface area contributed by atoms with Crippen molar-refractivity contribution in [3.63, 3.8) is 0 Å². The molecule has 0 spiro atoms. The minimum Gasteiger partial charge on any atom is -0.459 e. The number of carbonyl (C=O) groups is 3. The van der Waals surface area contributed by atoms with E-state index < -0.39 is 24.5 Å². The summed E-state index contributed by atoms with van der Waals surface area (Å²) in [4.78, 5) is 40.5. The molecule has 0 atom stereocenters. The van der Waals surface area contributed by atoms with Crippen LogP contribution in [-0.2, 0) is 14.3 Å². The topological polar surface area (TPSA) is 126 Å². The fourth-order valence-corrected chi connectivity index (χ4v) is 4.61. The Morgan fingerprint density at radius 2 is 1.76 bits per heavy atom. The lowest BCUT2D eigenvalue weighted by Gasteiger charge is -2.19. The molecule has 1 fully saturated rings. The van der Waals surface area contributed by atoms with Crippen molar-refractivity contribution in [3.8, 4) is 6.07 Å². The number of rotatable bonds is 7. The summed E-state index contributed by atoms with van der Waals surface area (Å²) in [6.45, 7) is 10.1. The maximum Gasteiger partial charge on any atom is 0.355 e. The van der Waals surface area contributed by atoms with Gasteiger partial charge in [0.1, 0.15) is 17.6 Å². The molecule has 0 aromatic carbocycles. The number of carbonyl (C=O) groups excluding carboxylic acids is 3. The Morgan fingerprint density at radius 3 is 2.35 bits per heavy atom. The number of nitriles is 1. The number of amides is 1. The van der Waals surface area contributed by atoms with E-state index in [9.17, 15) is 19.6 Å². The first-order valence-corrected chi connectivity index (χ1v) is 11.5. The van der Waals surface area contributed by atoms with Crippen LogP contribution in [0.5, 0.6) is 0 Å². The van der Waals surface area contributed by atoms with Crippen LogP contribution in [0.15, 0.2) is 0 Å². The van der Waals surface area contributed by atoms with Crippen LogP contribution in [0.3, 0.4) is 0 Å². The monoisotopic (exact) mass is 468 g/mol. The van der Waals surface area contributed by atoms with Gasteiger partial charge in [-0.1, -0.05) is 12.8 Å². The van der Waals surface area contributed by atoms with E-state index in [1.807, 2.05) is 18.4 Å². The first kappa shape index (κ1) is 25.1. The van der Waals surface area contributed by atoms with Gasteiger partial charge in [-0.3, -0.25) is 4.79 Å². The summed E-state index contributed by atoms with van der Waals surface area (Å²) in [5, 5.41) is 12.5. The Bertz CT molecular complexity index is 1160. The summed E-state index contributed by atoms with van der Waals surface area (Å²) in [6.07, 6.45) is 3.90. The maximum absolute atomic E-state index is 12.7. The van der Waals surface area contributed by atoms with Crippen molar-refractivity contribution in [2.45, 2.75) is 79.4 Å². The second kappa shape index (κ2) is 10.2. The molecule has 9 nitrogen and oxygen atoms in total. The third-order valence-electron chi connectivity index (χ3n) is 6.34. The highest BCUT2D eigenvalue weighted by Gasteiger charge is 2.28. The Labute approximate surface area is 199 Å². The van der Waals surface area contributed by atoms with Gasteiger partial charge in [0, 0.05) is 17.4 Å². The van der Waals surface area contributed by atoms with Crippen LogP contribution in [0.1, 0.15) is 94.5 Å². The van der Waals surface area contributed by atoms with E-state index in [-0.39, 0.29) is 23.4 Å². The zero-order chi connectivity index (χ0) is 25.2. The quantitative estimate of drug-likeness (QED) is 0.580. The van der Waals surface area contributed by atoms with Crippen LogP contribution < -0.4 is 5.32 Å². The highest BCUT2D eigenvalue weighted by molar-refractivity contribution is 6.00. The fourth-order valence-electron chi connectivity index (χ4n) is 4.61. The molecule has 1 aliphatic rings. The molecule has 1 aliphatic carbocycles. The summed E-state index contributed by atoms with van der Waals surface area (Å²) in [5.41, 5.74) is 3.48. The number of aromatic nitrogens is 2. The summed E-state index contributed by atoms with van der Waals surface area (Å²) in [6, 6.07) is 2.42. The minimum absolute atomic E-state index is 0.0970. The normalized spacial score (nSPS) is 13.7. The maximum atomic E-state index is 12.7. The van der Waals surface area contributed by atoms with E-state index in [0.717, 1.165) is 36.9 Å². The van der Waals surface area contributed by atoms with Gasteiger partial charge in [-0.05, 0) is 65.5 Å². The number of nitrogens with zero attached hydrogens (tertiary/aromatic N) is 2. The molecule has 34 heavy (non-hydrogen) atoms. The largest absolute Gasteiger partial charge is 0.459 e. The molecule has 3 rings (SSSR count). The van der Waals surface area contributed by atoms with E-state index in [2.05, 4.69) is 16.4 Å². The van der Waals surface area contributed by atoms with E-state index in [1.54, 1.807) is 27.7 Å². The van der Waals surface area contributed by atoms with E-state index in [4.69, 9.17) is 9.47 Å². The summed E-state index contributed by atoms with van der Waals surface area (Å²) >= 11 is 0. The molecule has 1 amide bonds. The molecule has 2 heterocycles. The number of hydrogen-bond acceptors (Lipinski definition) is 6. The number of anilines is 1. The molecule has 0 radical (unpaired) electrons. The van der Waals surface area contributed by atoms with Gasteiger partial charge in [0.2, 0.25) is 0 Å². The smallest absolute Gasteiger partial charge is 0.355 e. The van der Waals surface area contributed by atoms with Crippen molar-refractivity contribution in [2.75, 3.05) is 11.9 Å². The van der Waals surface area contributed by atoms with Gasteiger partial charge in [0.15, 0.2) is 6.61 Å². The highest BCUT2D eigenvalue weighted by atomic mass is 16.5. The number of nitrogens with one attached hydrogen (secondary N) is 2. The lowest BCUT2D eigenvalue weighted by molar-refractivity contribution is -0.119. The van der Waals surface area contributed by atoms with Crippen LogP contribution in [-0.4, -0.2) is 40.1 Å². The van der Waals surface area contributed by atoms with Gasteiger partial charge >= 0.3 is 11.9 Å². The first-order valence-electron chi connectivity index (χ1n) is 11.5. The molecule has 0 unspecified atom stereocenters. The van der Waals surface area contributed by atoms with Crippen LogP contribution in [0, 0.1) is 39.0 Å². The molecule has 2 aromatic rings. The zero-order valence-corrected chi connectivity index (χ0v) is 20.6. The summed E-state index contributed by atoms with van der Waals surface area (Å²) < 4.78 is 12.5. The van der Waals surface area contributed by atoms with E-state index in [1.165, 1.54) is 0 Å². The van der Waals surface area contributed by atoms with Crippen LogP contribution >= 0.6 is 0 Å². The van der Waals surface area contributed by atoms with Gasteiger partial charge in [-0.2, -0.15) is 5.26 Å². The van der Waals surface area contributed by atoms with Crippen LogP contribution in [0.2, 0.25) is 0 Å². The van der Waals surface area contributed by atoms with Crippen molar-refractivity contribution >= 4 is 23.7 Å². The third-order valence-corrected chi connectivity index (χ3v) is 6.34. The first-order chi connectivity index (χ1) is 16.1. The number of hydrogen-bond donors (Lipinski definition) is 2. The molecule has 2 aromatic heterocycles. The molecule has 1 saturated carbocycles. The van der Waals surface area contributed by atoms with Crippen LogP contribution in [0.4, 0.5) is 5.82 Å². The third kappa shape index (κ3) is 4.86. The van der Waals surface area contributed by atoms with Gasteiger partial charge in [-0.25, -0.2) is 9.59 Å². The van der Waals surface area contributed by atoms with Crippen LogP contribution in [0.25, 0.3) is 0 Å². The molecule has 9 heteroatoms. The standard InChI is InChI=1S/C25H32N4O5/c1-13(2)34-24(31)21-15(4)22(27-16(21)5)25(32)33-12-20(30)28-23-19(11-26)14(3)17(6)29(23)18-9-7-8-10-18/h13,18,27H,7-10,12H2,1-6H3,(H,28,30). The SMILES string of the molecule is Cc1[nH]c(C(=O)OCC(=O)Nc2c(C#N)c(C)c(C)n2C2CCCC2)c(C)c1C(=O)OC(C)C. The summed E-state index contributed by atoms with van der Waals surface area (Å²) in [7, 11) is 0. The van der Waals surface area contributed by atoms with Crippen molar-refractivity contribution in [1.82, 2.24) is 9.55 Å². The summed E-state index contributed by atoms with van der Waals surface area (Å²) in [5.74, 6) is -1.36. The molecule has 0 aliphatic heterocycles. The number of ether oxygens (including phenoxy) is 2. The van der Waals surface area contributed by atoms with Crippen molar-refractivity contribution in [2.24, 2.45) is 0 Å². The lowest BCUT2D eigenvalue weighted by atomic mass is 10.1. The minimum atomic E-state index is -0.751. The molecular formula is C25H32N4O5. The van der Waals surface area contributed by atoms with Gasteiger partial charge in [0.25, 0.3) is 5.91 Å². The second-order valence-electron chi connectivity index (χ2n) is 9.06. The van der Waals surface area contributed by atoms with Gasteiger partial charge in [-0.15, -0.1) is 0 Å². The Hall–Kier alpha value is -3.54. The predicted molar refractivity (Wildman–Crippen MR) is 126 cm³/mol. The molecule has 2 N–H and O–H groups in total. The Balaban J connectivity index is 1.73. The van der Waals surface area contributed by atoms with Gasteiger partial charge < -0.3 is 24.3 Å². The number of H-pyrrole nitrogens is 1. The molecule has 0 saturated heterocycles.